The molecular formula is C13H22O4. The van der Waals surface area contributed by atoms with Crippen LogP contribution in [0.15, 0.2) is 0 Å². The first-order chi connectivity index (χ1) is 8.26. The largest absolute Gasteiger partial charge is 0.353 e. The number of fused-ring (bicyclic) bond motifs is 2. The Labute approximate surface area is 103 Å². The molecule has 98 valence electrons. The molecule has 0 radical (unpaired) electrons. The summed E-state index contributed by atoms with van der Waals surface area (Å²) >= 11 is 0. The number of rotatable bonds is 3. The van der Waals surface area contributed by atoms with Gasteiger partial charge in [-0.15, -0.1) is 0 Å². The lowest BCUT2D eigenvalue weighted by Crippen LogP contribution is -2.34. The van der Waals surface area contributed by atoms with Gasteiger partial charge in [-0.2, -0.15) is 0 Å². The van der Waals surface area contributed by atoms with Crippen molar-refractivity contribution >= 4 is 0 Å². The summed E-state index contributed by atoms with van der Waals surface area (Å²) in [4.78, 5) is 0. The highest BCUT2D eigenvalue weighted by atomic mass is 16.7. The summed E-state index contributed by atoms with van der Waals surface area (Å²) in [7, 11) is 1.76. The molecule has 4 nitrogen and oxygen atoms in total. The Bertz CT molecular complexity index is 261. The van der Waals surface area contributed by atoms with Gasteiger partial charge in [-0.1, -0.05) is 0 Å². The van der Waals surface area contributed by atoms with Crippen molar-refractivity contribution in [2.24, 2.45) is 11.8 Å². The summed E-state index contributed by atoms with van der Waals surface area (Å²) in [6.07, 6.45) is 4.85. The molecule has 3 rings (SSSR count). The fourth-order valence-corrected chi connectivity index (χ4v) is 3.84. The fraction of sp³-hybridized carbons (Fsp3) is 1.00. The Hall–Kier alpha value is -0.160. The number of ether oxygens (including phenoxy) is 4. The zero-order chi connectivity index (χ0) is 11.9. The summed E-state index contributed by atoms with van der Waals surface area (Å²) in [6, 6.07) is 0. The predicted octanol–water partition coefficient (Wildman–Crippen LogP) is 1.93. The quantitative estimate of drug-likeness (QED) is 0.709. The maximum atomic E-state index is 5.85. The monoisotopic (exact) mass is 242 g/mol. The van der Waals surface area contributed by atoms with Crippen LogP contribution < -0.4 is 0 Å². The topological polar surface area (TPSA) is 36.9 Å². The first-order valence-electron chi connectivity index (χ1n) is 6.68. The second-order valence-electron chi connectivity index (χ2n) is 5.48. The average molecular weight is 242 g/mol. The molecule has 0 amide bonds. The Balaban J connectivity index is 1.70. The predicted molar refractivity (Wildman–Crippen MR) is 61.4 cm³/mol. The molecule has 4 heteroatoms. The number of methoxy groups -OCH3 is 1. The third-order valence-corrected chi connectivity index (χ3v) is 4.64. The van der Waals surface area contributed by atoms with Crippen molar-refractivity contribution in [1.29, 1.82) is 0 Å². The second kappa shape index (κ2) is 4.50. The summed E-state index contributed by atoms with van der Waals surface area (Å²) in [5.74, 6) is 0.997. The fourth-order valence-electron chi connectivity index (χ4n) is 3.84. The Morgan fingerprint density at radius 1 is 1.12 bits per heavy atom. The number of hydrogen-bond donors (Lipinski definition) is 0. The lowest BCUT2D eigenvalue weighted by Gasteiger charge is -2.31. The molecule has 4 atom stereocenters. The first kappa shape index (κ1) is 11.9. The first-order valence-corrected chi connectivity index (χ1v) is 6.68. The molecule has 0 spiro atoms. The molecular weight excluding hydrogens is 220 g/mol. The van der Waals surface area contributed by atoms with Gasteiger partial charge in [0, 0.05) is 26.6 Å². The molecule has 0 aromatic heterocycles. The van der Waals surface area contributed by atoms with Crippen LogP contribution in [0.5, 0.6) is 0 Å². The van der Waals surface area contributed by atoms with E-state index in [9.17, 15) is 0 Å². The van der Waals surface area contributed by atoms with Crippen LogP contribution in [0.4, 0.5) is 0 Å². The smallest absolute Gasteiger partial charge is 0.168 e. The van der Waals surface area contributed by atoms with Crippen LogP contribution in [0.1, 0.15) is 32.6 Å². The molecule has 0 aromatic carbocycles. The van der Waals surface area contributed by atoms with E-state index in [1.54, 1.807) is 7.11 Å². The zero-order valence-electron chi connectivity index (χ0n) is 10.7. The maximum absolute atomic E-state index is 5.85. The molecule has 1 heterocycles. The van der Waals surface area contributed by atoms with E-state index in [1.807, 2.05) is 6.92 Å². The molecule has 1 aliphatic heterocycles. The minimum atomic E-state index is -0.345. The van der Waals surface area contributed by atoms with Gasteiger partial charge >= 0.3 is 0 Å². The van der Waals surface area contributed by atoms with Gasteiger partial charge in [-0.25, -0.2) is 0 Å². The molecule has 2 aliphatic carbocycles. The molecule has 2 saturated carbocycles. The van der Waals surface area contributed by atoms with Crippen molar-refractivity contribution in [3.8, 4) is 0 Å². The molecule has 17 heavy (non-hydrogen) atoms. The molecule has 0 aromatic rings. The van der Waals surface area contributed by atoms with Crippen molar-refractivity contribution in [1.82, 2.24) is 0 Å². The van der Waals surface area contributed by atoms with E-state index in [0.717, 1.165) is 25.7 Å². The van der Waals surface area contributed by atoms with Crippen molar-refractivity contribution < 1.29 is 18.9 Å². The Kier molecular flexibility index (Phi) is 3.15. The summed E-state index contributed by atoms with van der Waals surface area (Å²) in [5.41, 5.74) is 0. The highest BCUT2D eigenvalue weighted by Crippen LogP contribution is 2.50. The van der Waals surface area contributed by atoms with Crippen LogP contribution in [-0.4, -0.2) is 38.5 Å². The third-order valence-electron chi connectivity index (χ3n) is 4.64. The highest BCUT2D eigenvalue weighted by molar-refractivity contribution is 4.98. The van der Waals surface area contributed by atoms with Gasteiger partial charge in [0.15, 0.2) is 5.79 Å². The van der Waals surface area contributed by atoms with Gasteiger partial charge < -0.3 is 18.9 Å². The Morgan fingerprint density at radius 2 is 1.71 bits per heavy atom. The van der Waals surface area contributed by atoms with Crippen LogP contribution in [-0.2, 0) is 18.9 Å². The number of hydrogen-bond acceptors (Lipinski definition) is 4. The van der Waals surface area contributed by atoms with Crippen LogP contribution in [0, 0.1) is 11.8 Å². The molecule has 3 fully saturated rings. The van der Waals surface area contributed by atoms with Gasteiger partial charge in [0.25, 0.3) is 0 Å². The van der Waals surface area contributed by atoms with Gasteiger partial charge in [0.2, 0.25) is 0 Å². The van der Waals surface area contributed by atoms with E-state index in [2.05, 4.69) is 0 Å². The summed E-state index contributed by atoms with van der Waals surface area (Å²) < 4.78 is 22.7. The minimum Gasteiger partial charge on any atom is -0.353 e. The molecule has 3 aliphatic rings. The Morgan fingerprint density at radius 3 is 2.18 bits per heavy atom. The molecule has 1 saturated heterocycles. The van der Waals surface area contributed by atoms with Crippen LogP contribution >= 0.6 is 0 Å². The normalized spacial score (nSPS) is 49.1. The van der Waals surface area contributed by atoms with Crippen molar-refractivity contribution in [2.75, 3.05) is 20.5 Å². The van der Waals surface area contributed by atoms with E-state index in [4.69, 9.17) is 18.9 Å². The van der Waals surface area contributed by atoms with Gasteiger partial charge in [0.05, 0.1) is 12.2 Å². The van der Waals surface area contributed by atoms with Crippen LogP contribution in [0.2, 0.25) is 0 Å². The lowest BCUT2D eigenvalue weighted by molar-refractivity contribution is -0.218. The molecule has 0 bridgehead atoms. The van der Waals surface area contributed by atoms with E-state index >= 15 is 0 Å². The van der Waals surface area contributed by atoms with Gasteiger partial charge in [-0.05, 0) is 31.6 Å². The van der Waals surface area contributed by atoms with E-state index in [-0.39, 0.29) is 5.79 Å². The minimum absolute atomic E-state index is 0.311. The second-order valence-corrected chi connectivity index (χ2v) is 5.48. The van der Waals surface area contributed by atoms with Gasteiger partial charge in [-0.3, -0.25) is 0 Å². The van der Waals surface area contributed by atoms with Crippen molar-refractivity contribution in [3.05, 3.63) is 0 Å². The van der Waals surface area contributed by atoms with Crippen molar-refractivity contribution in [3.63, 3.8) is 0 Å². The lowest BCUT2D eigenvalue weighted by atomic mass is 9.79. The van der Waals surface area contributed by atoms with Crippen LogP contribution in [0.3, 0.4) is 0 Å². The maximum Gasteiger partial charge on any atom is 0.168 e. The standard InChI is InChI=1S/C13H22O4/c1-3-17-13(14-2)6-9-4-11-12(16-8-15-11)5-10(9)7-13/h9-12H,3-8H2,1-2H3. The van der Waals surface area contributed by atoms with E-state index in [1.165, 1.54) is 0 Å². The van der Waals surface area contributed by atoms with E-state index < -0.39 is 0 Å². The van der Waals surface area contributed by atoms with E-state index in [0.29, 0.717) is 37.4 Å². The van der Waals surface area contributed by atoms with Gasteiger partial charge in [0.1, 0.15) is 6.79 Å². The highest BCUT2D eigenvalue weighted by Gasteiger charge is 2.52. The molecule has 0 N–H and O–H groups in total. The third kappa shape index (κ3) is 2.01. The zero-order valence-corrected chi connectivity index (χ0v) is 10.7. The molecule has 4 unspecified atom stereocenters. The SMILES string of the molecule is CCOC1(OC)CC2CC3OCOC3CC2C1. The summed E-state index contributed by atoms with van der Waals surface area (Å²) in [6.45, 7) is 3.23. The average Bonchev–Trinajstić information content (AvgIpc) is 2.89. The summed E-state index contributed by atoms with van der Waals surface area (Å²) in [5, 5.41) is 0. The van der Waals surface area contributed by atoms with Crippen molar-refractivity contribution in [2.45, 2.75) is 50.6 Å². The van der Waals surface area contributed by atoms with Crippen LogP contribution in [0.25, 0.3) is 0 Å².